The van der Waals surface area contributed by atoms with Gasteiger partial charge in [-0.05, 0) is 71.0 Å². The van der Waals surface area contributed by atoms with Crippen LogP contribution in [0.15, 0.2) is 42.5 Å². The van der Waals surface area contributed by atoms with Gasteiger partial charge < -0.3 is 19.3 Å². The summed E-state index contributed by atoms with van der Waals surface area (Å²) in [6.07, 6.45) is 0. The molecule has 2 aliphatic heterocycles. The van der Waals surface area contributed by atoms with Crippen molar-refractivity contribution in [3.05, 3.63) is 65.1 Å². The highest BCUT2D eigenvalue weighted by Crippen LogP contribution is 2.34. The van der Waals surface area contributed by atoms with E-state index in [4.69, 9.17) is 14.6 Å². The van der Waals surface area contributed by atoms with Crippen LogP contribution in [0.5, 0.6) is 11.5 Å². The number of benzene rings is 2. The number of ether oxygens (including phenoxy) is 2. The zero-order chi connectivity index (χ0) is 27.0. The molecule has 38 heavy (non-hydrogen) atoms. The van der Waals surface area contributed by atoms with Crippen molar-refractivity contribution in [1.82, 2.24) is 19.6 Å². The molecule has 0 atom stereocenters. The van der Waals surface area contributed by atoms with Gasteiger partial charge in [0.05, 0.1) is 17.9 Å². The molecule has 0 unspecified atom stereocenters. The molecule has 2 aliphatic rings. The van der Waals surface area contributed by atoms with E-state index < -0.39 is 0 Å². The average Bonchev–Trinajstić information content (AvgIpc) is 3.50. The molecule has 0 bridgehead atoms. The highest BCUT2D eigenvalue weighted by molar-refractivity contribution is 5.95. The van der Waals surface area contributed by atoms with E-state index in [1.54, 1.807) is 24.3 Å². The molecule has 202 valence electrons. The van der Waals surface area contributed by atoms with Crippen LogP contribution in [0.3, 0.4) is 0 Å². The molecule has 0 saturated carbocycles. The number of anilines is 1. The Kier molecular flexibility index (Phi) is 7.29. The third-order valence-electron chi connectivity index (χ3n) is 7.39. The van der Waals surface area contributed by atoms with E-state index in [0.717, 1.165) is 43.3 Å². The fourth-order valence-corrected chi connectivity index (χ4v) is 5.15. The van der Waals surface area contributed by atoms with Gasteiger partial charge in [-0.3, -0.25) is 9.69 Å². The van der Waals surface area contributed by atoms with E-state index in [1.165, 1.54) is 12.1 Å². The highest BCUT2D eigenvalue weighted by atomic mass is 19.1. The number of carbonyl (C=O) groups is 1. The Morgan fingerprint density at radius 3 is 2.45 bits per heavy atom. The number of hydrogen-bond acceptors (Lipinski definition) is 6. The van der Waals surface area contributed by atoms with Gasteiger partial charge in [0.15, 0.2) is 11.5 Å². The van der Waals surface area contributed by atoms with Crippen molar-refractivity contribution in [1.29, 1.82) is 0 Å². The first-order valence-corrected chi connectivity index (χ1v) is 13.3. The number of piperazine rings is 1. The summed E-state index contributed by atoms with van der Waals surface area (Å²) >= 11 is 0. The molecule has 1 amide bonds. The zero-order valence-electron chi connectivity index (χ0n) is 22.8. The molecule has 1 saturated heterocycles. The van der Waals surface area contributed by atoms with Gasteiger partial charge in [-0.2, -0.15) is 5.10 Å². The van der Waals surface area contributed by atoms with E-state index in [2.05, 4.69) is 23.6 Å². The van der Waals surface area contributed by atoms with Gasteiger partial charge in [-0.25, -0.2) is 9.07 Å². The third kappa shape index (κ3) is 5.07. The minimum Gasteiger partial charge on any atom is -0.454 e. The molecule has 1 aromatic heterocycles. The Morgan fingerprint density at radius 1 is 1.03 bits per heavy atom. The fourth-order valence-electron chi connectivity index (χ4n) is 5.15. The van der Waals surface area contributed by atoms with E-state index in [0.29, 0.717) is 35.3 Å². The largest absolute Gasteiger partial charge is 0.454 e. The number of hydrogen-bond donors (Lipinski definition) is 0. The van der Waals surface area contributed by atoms with Crippen LogP contribution < -0.4 is 14.4 Å². The van der Waals surface area contributed by atoms with Crippen LogP contribution in [0.2, 0.25) is 0 Å². The van der Waals surface area contributed by atoms with E-state index in [-0.39, 0.29) is 24.6 Å². The van der Waals surface area contributed by atoms with Gasteiger partial charge in [-0.1, -0.05) is 6.07 Å². The first-order valence-electron chi connectivity index (χ1n) is 13.3. The summed E-state index contributed by atoms with van der Waals surface area (Å²) in [6.45, 7) is 14.4. The Hall–Kier alpha value is -3.59. The predicted molar refractivity (Wildman–Crippen MR) is 145 cm³/mol. The second kappa shape index (κ2) is 10.6. The number of nitrogens with zero attached hydrogens (tertiary/aromatic N) is 5. The van der Waals surface area contributed by atoms with Crippen molar-refractivity contribution in [3.63, 3.8) is 0 Å². The predicted octanol–water partition coefficient (Wildman–Crippen LogP) is 4.63. The van der Waals surface area contributed by atoms with Crippen molar-refractivity contribution in [2.45, 2.75) is 53.2 Å². The van der Waals surface area contributed by atoms with E-state index >= 15 is 0 Å². The lowest BCUT2D eigenvalue weighted by Gasteiger charge is -2.39. The topological polar surface area (TPSA) is 63.1 Å². The highest BCUT2D eigenvalue weighted by Gasteiger charge is 2.30. The summed E-state index contributed by atoms with van der Waals surface area (Å²) < 4.78 is 27.0. The molecular formula is C29H36FN5O3. The molecule has 1 fully saturated rings. The lowest BCUT2D eigenvalue weighted by atomic mass is 10.1. The second-order valence-corrected chi connectivity index (χ2v) is 10.5. The first-order chi connectivity index (χ1) is 18.2. The van der Waals surface area contributed by atoms with Gasteiger partial charge in [0.25, 0.3) is 5.91 Å². The number of halogens is 1. The number of fused-ring (bicyclic) bond motifs is 1. The molecule has 0 N–H and O–H groups in total. The Labute approximate surface area is 223 Å². The van der Waals surface area contributed by atoms with Gasteiger partial charge >= 0.3 is 0 Å². The smallest absolute Gasteiger partial charge is 0.254 e. The van der Waals surface area contributed by atoms with Crippen molar-refractivity contribution >= 4 is 11.7 Å². The Morgan fingerprint density at radius 2 is 1.76 bits per heavy atom. The molecule has 2 aromatic carbocycles. The molecule has 3 heterocycles. The minimum atomic E-state index is -0.311. The summed E-state index contributed by atoms with van der Waals surface area (Å²) in [4.78, 5) is 20.4. The maximum Gasteiger partial charge on any atom is 0.254 e. The van der Waals surface area contributed by atoms with Gasteiger partial charge in [0, 0.05) is 49.4 Å². The molecule has 3 aromatic rings. The lowest BCUT2D eigenvalue weighted by Crippen LogP contribution is -2.49. The molecule has 0 radical (unpaired) electrons. The number of carbonyl (C=O) groups excluding carboxylic acids is 1. The Balaban J connectivity index is 1.52. The molecule has 9 heteroatoms. The fraction of sp³-hybridized carbons (Fsp3) is 0.448. The van der Waals surface area contributed by atoms with Crippen molar-refractivity contribution < 1.29 is 18.7 Å². The van der Waals surface area contributed by atoms with Crippen LogP contribution in [-0.4, -0.2) is 70.5 Å². The molecule has 0 aliphatic carbocycles. The summed E-state index contributed by atoms with van der Waals surface area (Å²) in [7, 11) is 0. The van der Waals surface area contributed by atoms with Crippen LogP contribution in [0, 0.1) is 12.7 Å². The van der Waals surface area contributed by atoms with Crippen LogP contribution in [0.25, 0.3) is 5.69 Å². The van der Waals surface area contributed by atoms with Gasteiger partial charge in [-0.15, -0.1) is 0 Å². The monoisotopic (exact) mass is 521 g/mol. The molecule has 8 nitrogen and oxygen atoms in total. The van der Waals surface area contributed by atoms with Gasteiger partial charge in [0.2, 0.25) is 6.79 Å². The van der Waals surface area contributed by atoms with E-state index in [1.807, 2.05) is 36.4 Å². The lowest BCUT2D eigenvalue weighted by molar-refractivity contribution is 0.0690. The normalized spacial score (nSPS) is 15.5. The summed E-state index contributed by atoms with van der Waals surface area (Å²) in [5, 5.41) is 4.86. The van der Waals surface area contributed by atoms with Crippen molar-refractivity contribution in [2.24, 2.45) is 0 Å². The van der Waals surface area contributed by atoms with Crippen LogP contribution in [0.1, 0.15) is 49.3 Å². The van der Waals surface area contributed by atoms with Crippen molar-refractivity contribution in [2.75, 3.05) is 37.9 Å². The second-order valence-electron chi connectivity index (χ2n) is 10.5. The first kappa shape index (κ1) is 26.0. The maximum atomic E-state index is 14.2. The maximum absolute atomic E-state index is 14.2. The quantitative estimate of drug-likeness (QED) is 0.452. The minimum absolute atomic E-state index is 0.0597. The van der Waals surface area contributed by atoms with Crippen LogP contribution in [0.4, 0.5) is 10.2 Å². The molecular weight excluding hydrogens is 485 g/mol. The third-order valence-corrected chi connectivity index (χ3v) is 7.39. The zero-order valence-corrected chi connectivity index (χ0v) is 22.8. The SMILES string of the molecule is Cc1nn(-c2cccc(F)c2)c(N2CCN(C(C)C)CC2)c1CN(C(=O)c1ccc2c(c1)OCO2)C(C)C. The number of amides is 1. The van der Waals surface area contributed by atoms with Crippen molar-refractivity contribution in [3.8, 4) is 17.2 Å². The average molecular weight is 522 g/mol. The van der Waals surface area contributed by atoms with Gasteiger partial charge in [0.1, 0.15) is 11.6 Å². The summed E-state index contributed by atoms with van der Waals surface area (Å²) in [5.74, 6) is 1.74. The summed E-state index contributed by atoms with van der Waals surface area (Å²) in [6, 6.07) is 12.2. The standard InChI is InChI=1S/C29H36FN5O3/c1-19(2)32-11-13-33(14-12-32)28-25(21(5)31-35(28)24-8-6-7-23(30)16-24)17-34(20(3)4)29(36)22-9-10-26-27(15-22)38-18-37-26/h6-10,15-16,19-20H,11-14,17-18H2,1-5H3. The number of aromatic nitrogens is 2. The van der Waals surface area contributed by atoms with Crippen LogP contribution >= 0.6 is 0 Å². The number of rotatable bonds is 7. The van der Waals surface area contributed by atoms with E-state index in [9.17, 15) is 9.18 Å². The summed E-state index contributed by atoms with van der Waals surface area (Å²) in [5.41, 5.74) is 3.00. The Bertz CT molecular complexity index is 1310. The molecule has 5 rings (SSSR count). The molecule has 0 spiro atoms. The van der Waals surface area contributed by atoms with Crippen LogP contribution in [-0.2, 0) is 6.54 Å². The number of aryl methyl sites for hydroxylation is 1.